The van der Waals surface area contributed by atoms with Crippen molar-refractivity contribution in [3.8, 4) is 11.5 Å². The lowest BCUT2D eigenvalue weighted by atomic mass is 10.1. The van der Waals surface area contributed by atoms with Gasteiger partial charge in [0.1, 0.15) is 10.6 Å². The van der Waals surface area contributed by atoms with Crippen LogP contribution in [0.5, 0.6) is 11.5 Å². The molecule has 0 radical (unpaired) electrons. The molecular formula is C24H19NO6S. The van der Waals surface area contributed by atoms with Gasteiger partial charge in [-0.3, -0.25) is 0 Å². The molecule has 0 saturated heterocycles. The van der Waals surface area contributed by atoms with E-state index in [4.69, 9.17) is 13.7 Å². The Labute approximate surface area is 185 Å². The van der Waals surface area contributed by atoms with Crippen LogP contribution in [0.2, 0.25) is 0 Å². The molecule has 162 valence electrons. The normalized spacial score (nSPS) is 14.8. The molecule has 3 aromatic carbocycles. The molecule has 8 heteroatoms. The molecule has 0 aliphatic carbocycles. The van der Waals surface area contributed by atoms with Crippen LogP contribution in [-0.2, 0) is 19.6 Å². The standard InChI is InChI=1S/C24H19NO6S/c1-16-8-11-20(12-9-16)32(27,28)31-22-13-10-19(29-2)14-18(22)15-21-24(26)30-23(25-21)17-6-4-3-5-7-17/h3-15H,1-2H3/b21-15-. The molecule has 3 aromatic rings. The number of benzene rings is 3. The van der Waals surface area contributed by atoms with Gasteiger partial charge in [0, 0.05) is 11.1 Å². The first-order chi connectivity index (χ1) is 15.4. The highest BCUT2D eigenvalue weighted by Crippen LogP contribution is 2.30. The second-order valence-corrected chi connectivity index (χ2v) is 8.50. The van der Waals surface area contributed by atoms with Crippen molar-refractivity contribution in [1.82, 2.24) is 0 Å². The molecule has 0 N–H and O–H groups in total. The summed E-state index contributed by atoms with van der Waals surface area (Å²) < 4.78 is 41.4. The van der Waals surface area contributed by atoms with Crippen LogP contribution in [0.25, 0.3) is 6.08 Å². The quantitative estimate of drug-likeness (QED) is 0.319. The third kappa shape index (κ3) is 4.55. The topological polar surface area (TPSA) is 91.3 Å². The summed E-state index contributed by atoms with van der Waals surface area (Å²) in [5, 5.41) is 0. The van der Waals surface area contributed by atoms with Gasteiger partial charge < -0.3 is 13.7 Å². The number of rotatable bonds is 6. The van der Waals surface area contributed by atoms with Gasteiger partial charge in [0.2, 0.25) is 5.90 Å². The van der Waals surface area contributed by atoms with E-state index in [1.54, 1.807) is 48.5 Å². The molecule has 0 saturated carbocycles. The van der Waals surface area contributed by atoms with Crippen LogP contribution in [0.4, 0.5) is 0 Å². The molecule has 1 aliphatic rings. The van der Waals surface area contributed by atoms with Crippen molar-refractivity contribution in [2.45, 2.75) is 11.8 Å². The van der Waals surface area contributed by atoms with Crippen molar-refractivity contribution >= 4 is 28.1 Å². The number of nitrogens with zero attached hydrogens (tertiary/aromatic N) is 1. The van der Waals surface area contributed by atoms with Crippen molar-refractivity contribution < 1.29 is 26.9 Å². The van der Waals surface area contributed by atoms with Gasteiger partial charge in [-0.2, -0.15) is 8.42 Å². The summed E-state index contributed by atoms with van der Waals surface area (Å²) in [6.45, 7) is 1.86. The van der Waals surface area contributed by atoms with Crippen LogP contribution in [0.3, 0.4) is 0 Å². The molecule has 0 bridgehead atoms. The summed E-state index contributed by atoms with van der Waals surface area (Å²) in [6, 6.07) is 19.9. The van der Waals surface area contributed by atoms with E-state index in [-0.39, 0.29) is 22.2 Å². The Morgan fingerprint density at radius 2 is 1.69 bits per heavy atom. The fourth-order valence-electron chi connectivity index (χ4n) is 2.97. The highest BCUT2D eigenvalue weighted by molar-refractivity contribution is 7.87. The molecule has 7 nitrogen and oxygen atoms in total. The Morgan fingerprint density at radius 3 is 2.38 bits per heavy atom. The first-order valence-corrected chi connectivity index (χ1v) is 11.0. The van der Waals surface area contributed by atoms with Gasteiger partial charge >= 0.3 is 16.1 Å². The van der Waals surface area contributed by atoms with Gasteiger partial charge in [0.05, 0.1) is 7.11 Å². The van der Waals surface area contributed by atoms with E-state index in [0.717, 1.165) is 5.56 Å². The lowest BCUT2D eigenvalue weighted by molar-refractivity contribution is -0.129. The Balaban J connectivity index is 1.72. The van der Waals surface area contributed by atoms with Crippen molar-refractivity contribution in [3.05, 3.63) is 95.2 Å². The maximum Gasteiger partial charge on any atom is 0.363 e. The molecule has 0 aromatic heterocycles. The number of carbonyl (C=O) groups is 1. The van der Waals surface area contributed by atoms with Crippen molar-refractivity contribution in [2.24, 2.45) is 4.99 Å². The van der Waals surface area contributed by atoms with E-state index >= 15 is 0 Å². The Kier molecular flexibility index (Phi) is 5.79. The number of cyclic esters (lactones) is 1. The molecule has 1 aliphatic heterocycles. The number of hydrogen-bond acceptors (Lipinski definition) is 7. The first kappa shape index (κ1) is 21.3. The maximum atomic E-state index is 12.8. The van der Waals surface area contributed by atoms with Gasteiger partial charge in [-0.15, -0.1) is 0 Å². The Hall–Kier alpha value is -3.91. The van der Waals surface area contributed by atoms with Crippen LogP contribution >= 0.6 is 0 Å². The minimum atomic E-state index is -4.10. The molecule has 0 fully saturated rings. The van der Waals surface area contributed by atoms with Crippen LogP contribution in [0.1, 0.15) is 16.7 Å². The fraction of sp³-hybridized carbons (Fsp3) is 0.0833. The van der Waals surface area contributed by atoms with Crippen LogP contribution in [0.15, 0.2) is 88.4 Å². The van der Waals surface area contributed by atoms with Crippen molar-refractivity contribution in [1.29, 1.82) is 0 Å². The third-order valence-corrected chi connectivity index (χ3v) is 5.91. The van der Waals surface area contributed by atoms with E-state index < -0.39 is 16.1 Å². The minimum Gasteiger partial charge on any atom is -0.497 e. The SMILES string of the molecule is COc1ccc(OS(=O)(=O)c2ccc(C)cc2)c(/C=C2\N=C(c3ccccc3)OC2=O)c1. The van der Waals surface area contributed by atoms with Gasteiger partial charge in [-0.25, -0.2) is 9.79 Å². The number of aryl methyl sites for hydroxylation is 1. The van der Waals surface area contributed by atoms with Gasteiger partial charge in [0.25, 0.3) is 0 Å². The summed E-state index contributed by atoms with van der Waals surface area (Å²) in [6.07, 6.45) is 1.40. The smallest absolute Gasteiger partial charge is 0.363 e. The molecule has 1 heterocycles. The second kappa shape index (κ2) is 8.68. The summed E-state index contributed by atoms with van der Waals surface area (Å²) in [5.41, 5.74) is 1.87. The van der Waals surface area contributed by atoms with E-state index in [0.29, 0.717) is 16.9 Å². The lowest BCUT2D eigenvalue weighted by Gasteiger charge is -2.11. The van der Waals surface area contributed by atoms with E-state index in [1.165, 1.54) is 31.4 Å². The zero-order valence-corrected chi connectivity index (χ0v) is 18.1. The molecule has 0 atom stereocenters. The molecule has 0 spiro atoms. The second-order valence-electron chi connectivity index (χ2n) is 6.96. The summed E-state index contributed by atoms with van der Waals surface area (Å²) in [4.78, 5) is 16.6. The zero-order chi connectivity index (χ0) is 22.7. The predicted molar refractivity (Wildman–Crippen MR) is 119 cm³/mol. The number of aliphatic imine (C=N–C) groups is 1. The number of methoxy groups -OCH3 is 1. The van der Waals surface area contributed by atoms with Gasteiger partial charge in [0.15, 0.2) is 11.4 Å². The van der Waals surface area contributed by atoms with E-state index in [2.05, 4.69) is 4.99 Å². The molecule has 4 rings (SSSR count). The van der Waals surface area contributed by atoms with Crippen molar-refractivity contribution in [2.75, 3.05) is 7.11 Å². The summed E-state index contributed by atoms with van der Waals surface area (Å²) in [5.74, 6) is -0.0101. The molecule has 0 unspecified atom stereocenters. The Morgan fingerprint density at radius 1 is 0.969 bits per heavy atom. The zero-order valence-electron chi connectivity index (χ0n) is 17.3. The number of ether oxygens (including phenoxy) is 2. The van der Waals surface area contributed by atoms with Crippen LogP contribution in [0, 0.1) is 6.92 Å². The lowest BCUT2D eigenvalue weighted by Crippen LogP contribution is -2.10. The fourth-order valence-corrected chi connectivity index (χ4v) is 3.93. The molecular weight excluding hydrogens is 430 g/mol. The van der Waals surface area contributed by atoms with Crippen molar-refractivity contribution in [3.63, 3.8) is 0 Å². The number of hydrogen-bond donors (Lipinski definition) is 0. The Bertz CT molecular complexity index is 1330. The third-order valence-electron chi connectivity index (χ3n) is 4.66. The number of esters is 1. The summed E-state index contributed by atoms with van der Waals surface area (Å²) >= 11 is 0. The maximum absolute atomic E-state index is 12.8. The van der Waals surface area contributed by atoms with Gasteiger partial charge in [-0.05, 0) is 55.5 Å². The average molecular weight is 449 g/mol. The van der Waals surface area contributed by atoms with Crippen LogP contribution < -0.4 is 8.92 Å². The summed E-state index contributed by atoms with van der Waals surface area (Å²) in [7, 11) is -2.62. The van der Waals surface area contributed by atoms with Gasteiger partial charge in [-0.1, -0.05) is 35.9 Å². The monoisotopic (exact) mass is 449 g/mol. The largest absolute Gasteiger partial charge is 0.497 e. The average Bonchev–Trinajstić information content (AvgIpc) is 3.16. The molecule has 0 amide bonds. The highest BCUT2D eigenvalue weighted by atomic mass is 32.2. The first-order valence-electron chi connectivity index (χ1n) is 9.63. The van der Waals surface area contributed by atoms with E-state index in [9.17, 15) is 13.2 Å². The minimum absolute atomic E-state index is 0.00897. The highest BCUT2D eigenvalue weighted by Gasteiger charge is 2.25. The predicted octanol–water partition coefficient (Wildman–Crippen LogP) is 4.12. The number of carbonyl (C=O) groups excluding carboxylic acids is 1. The molecule has 32 heavy (non-hydrogen) atoms. The van der Waals surface area contributed by atoms with Crippen LogP contribution in [-0.4, -0.2) is 27.4 Å². The van der Waals surface area contributed by atoms with E-state index in [1.807, 2.05) is 13.0 Å².